The molecule has 156 valence electrons. The minimum Gasteiger partial charge on any atom is -0.336 e. The quantitative estimate of drug-likeness (QED) is 0.684. The molecule has 0 spiro atoms. The smallest absolute Gasteiger partial charge is 0.254 e. The van der Waals surface area contributed by atoms with Gasteiger partial charge in [-0.3, -0.25) is 9.59 Å². The molecule has 0 radical (unpaired) electrons. The van der Waals surface area contributed by atoms with E-state index in [1.807, 2.05) is 0 Å². The first-order chi connectivity index (χ1) is 14.3. The summed E-state index contributed by atoms with van der Waals surface area (Å²) >= 11 is 0. The maximum atomic E-state index is 14.0. The van der Waals surface area contributed by atoms with Crippen molar-refractivity contribution in [2.45, 2.75) is 4.90 Å². The maximum Gasteiger partial charge on any atom is 0.254 e. The number of rotatable bonds is 3. The summed E-state index contributed by atoms with van der Waals surface area (Å²) in [5, 5.41) is 0.588. The highest BCUT2D eigenvalue weighted by molar-refractivity contribution is 7.89. The first-order valence-corrected chi connectivity index (χ1v) is 10.6. The van der Waals surface area contributed by atoms with Crippen molar-refractivity contribution in [3.8, 4) is 0 Å². The molecule has 1 N–H and O–H groups in total. The molecule has 4 rings (SSSR count). The van der Waals surface area contributed by atoms with Crippen LogP contribution < -0.4 is 5.56 Å². The zero-order valence-electron chi connectivity index (χ0n) is 15.6. The molecule has 30 heavy (non-hydrogen) atoms. The molecule has 1 aromatic heterocycles. The number of para-hydroxylation sites is 1. The molecule has 0 atom stereocenters. The average Bonchev–Trinajstić information content (AvgIpc) is 2.72. The first kappa shape index (κ1) is 20.2. The number of hydrogen-bond donors (Lipinski definition) is 1. The molecular weight excluding hydrogens is 416 g/mol. The second kappa shape index (κ2) is 7.62. The monoisotopic (exact) mass is 433 g/mol. The molecular formula is C20H17F2N3O4S. The van der Waals surface area contributed by atoms with Gasteiger partial charge in [-0.05, 0) is 18.2 Å². The lowest BCUT2D eigenvalue weighted by Crippen LogP contribution is -2.50. The molecule has 1 amide bonds. The van der Waals surface area contributed by atoms with Gasteiger partial charge >= 0.3 is 0 Å². The van der Waals surface area contributed by atoms with Gasteiger partial charge in [0, 0.05) is 49.2 Å². The van der Waals surface area contributed by atoms with E-state index in [1.165, 1.54) is 11.0 Å². The van der Waals surface area contributed by atoms with E-state index in [0.29, 0.717) is 17.0 Å². The average molecular weight is 433 g/mol. The fraction of sp³-hybridized carbons (Fsp3) is 0.200. The summed E-state index contributed by atoms with van der Waals surface area (Å²) in [7, 11) is -4.17. The van der Waals surface area contributed by atoms with Crippen molar-refractivity contribution in [2.24, 2.45) is 0 Å². The van der Waals surface area contributed by atoms with Crippen molar-refractivity contribution in [3.05, 3.63) is 76.1 Å². The molecule has 0 unspecified atom stereocenters. The molecule has 0 saturated carbocycles. The SMILES string of the molecule is O=C(c1cc(=O)[nH]c2ccccc12)N1CCN(S(=O)(=O)c2ccc(F)cc2F)CC1. The number of carbonyl (C=O) groups excluding carboxylic acids is 1. The summed E-state index contributed by atoms with van der Waals surface area (Å²) < 4.78 is 53.5. The lowest BCUT2D eigenvalue weighted by molar-refractivity contribution is 0.0699. The normalized spacial score (nSPS) is 15.5. The highest BCUT2D eigenvalue weighted by Crippen LogP contribution is 2.23. The number of sulfonamides is 1. The molecule has 2 aromatic carbocycles. The van der Waals surface area contributed by atoms with Crippen LogP contribution >= 0.6 is 0 Å². The number of halogens is 2. The zero-order chi connectivity index (χ0) is 21.5. The second-order valence-corrected chi connectivity index (χ2v) is 8.77. The summed E-state index contributed by atoms with van der Waals surface area (Å²) in [5.74, 6) is -2.42. The number of pyridine rings is 1. The van der Waals surface area contributed by atoms with Crippen LogP contribution in [0.4, 0.5) is 8.78 Å². The molecule has 1 saturated heterocycles. The molecule has 3 aromatic rings. The van der Waals surface area contributed by atoms with Gasteiger partial charge in [-0.2, -0.15) is 4.31 Å². The van der Waals surface area contributed by atoms with Gasteiger partial charge in [-0.25, -0.2) is 17.2 Å². The standard InChI is InChI=1S/C20H17F2N3O4S/c21-13-5-6-18(16(22)11-13)30(28,29)25-9-7-24(8-10-25)20(27)15-12-19(26)23-17-4-2-1-3-14(15)17/h1-6,11-12H,7-10H2,(H,23,26). The third-order valence-electron chi connectivity index (χ3n) is 5.02. The lowest BCUT2D eigenvalue weighted by atomic mass is 10.1. The van der Waals surface area contributed by atoms with Gasteiger partial charge in [0.2, 0.25) is 15.6 Å². The van der Waals surface area contributed by atoms with E-state index in [4.69, 9.17) is 0 Å². The number of aromatic nitrogens is 1. The Morgan fingerprint density at radius 1 is 0.967 bits per heavy atom. The summed E-state index contributed by atoms with van der Waals surface area (Å²) in [4.78, 5) is 28.4. The minimum atomic E-state index is -4.17. The molecule has 1 aliphatic heterocycles. The van der Waals surface area contributed by atoms with Gasteiger partial charge in [-0.1, -0.05) is 18.2 Å². The maximum absolute atomic E-state index is 14.0. The predicted octanol–water partition coefficient (Wildman–Crippen LogP) is 1.95. The number of nitrogens with zero attached hydrogens (tertiary/aromatic N) is 2. The molecule has 0 aliphatic carbocycles. The van der Waals surface area contributed by atoms with Crippen LogP contribution in [0.5, 0.6) is 0 Å². The Morgan fingerprint density at radius 2 is 1.67 bits per heavy atom. The number of nitrogens with one attached hydrogen (secondary N) is 1. The van der Waals surface area contributed by atoms with Crippen molar-refractivity contribution in [1.82, 2.24) is 14.2 Å². The summed E-state index contributed by atoms with van der Waals surface area (Å²) in [6.07, 6.45) is 0. The summed E-state index contributed by atoms with van der Waals surface area (Å²) in [5.41, 5.74) is 0.349. The Labute approximate surface area is 170 Å². The fourth-order valence-corrected chi connectivity index (χ4v) is 4.97. The minimum absolute atomic E-state index is 0.0496. The van der Waals surface area contributed by atoms with Crippen LogP contribution in [0.3, 0.4) is 0 Å². The molecule has 2 heterocycles. The van der Waals surface area contributed by atoms with Gasteiger partial charge in [0.1, 0.15) is 16.5 Å². The summed E-state index contributed by atoms with van der Waals surface area (Å²) in [6, 6.07) is 10.4. The molecule has 10 heteroatoms. The number of H-pyrrole nitrogens is 1. The van der Waals surface area contributed by atoms with Crippen molar-refractivity contribution in [2.75, 3.05) is 26.2 Å². The number of hydrogen-bond acceptors (Lipinski definition) is 4. The van der Waals surface area contributed by atoms with Crippen molar-refractivity contribution >= 4 is 26.8 Å². The highest BCUT2D eigenvalue weighted by atomic mass is 32.2. The van der Waals surface area contributed by atoms with Crippen molar-refractivity contribution in [1.29, 1.82) is 0 Å². The van der Waals surface area contributed by atoms with Crippen LogP contribution in [0.2, 0.25) is 0 Å². The topological polar surface area (TPSA) is 90.6 Å². The Kier molecular flexibility index (Phi) is 5.12. The lowest BCUT2D eigenvalue weighted by Gasteiger charge is -2.34. The van der Waals surface area contributed by atoms with E-state index < -0.39 is 32.1 Å². The van der Waals surface area contributed by atoms with Gasteiger partial charge in [0.15, 0.2) is 0 Å². The molecule has 1 aliphatic rings. The van der Waals surface area contributed by atoms with Crippen LogP contribution in [0, 0.1) is 11.6 Å². The number of fused-ring (bicyclic) bond motifs is 1. The number of aromatic amines is 1. The van der Waals surface area contributed by atoms with Gasteiger partial charge in [0.05, 0.1) is 5.56 Å². The van der Waals surface area contributed by atoms with E-state index in [2.05, 4.69) is 4.98 Å². The molecule has 7 nitrogen and oxygen atoms in total. The van der Waals surface area contributed by atoms with E-state index in [1.54, 1.807) is 24.3 Å². The van der Waals surface area contributed by atoms with E-state index in [0.717, 1.165) is 16.4 Å². The van der Waals surface area contributed by atoms with Crippen LogP contribution in [0.15, 0.2) is 58.2 Å². The fourth-order valence-electron chi connectivity index (χ4n) is 3.51. The van der Waals surface area contributed by atoms with E-state index >= 15 is 0 Å². The highest BCUT2D eigenvalue weighted by Gasteiger charge is 2.32. The van der Waals surface area contributed by atoms with Gasteiger partial charge in [0.25, 0.3) is 5.91 Å². The van der Waals surface area contributed by atoms with Crippen molar-refractivity contribution in [3.63, 3.8) is 0 Å². The van der Waals surface area contributed by atoms with Crippen LogP contribution in [-0.2, 0) is 10.0 Å². The second-order valence-electron chi connectivity index (χ2n) is 6.86. The van der Waals surface area contributed by atoms with Gasteiger partial charge < -0.3 is 9.88 Å². The number of piperazine rings is 1. The Balaban J connectivity index is 1.55. The first-order valence-electron chi connectivity index (χ1n) is 9.14. The van der Waals surface area contributed by atoms with Crippen molar-refractivity contribution < 1.29 is 22.0 Å². The van der Waals surface area contributed by atoms with E-state index in [-0.39, 0.29) is 37.6 Å². The van der Waals surface area contributed by atoms with Crippen LogP contribution in [-0.4, -0.2) is 54.7 Å². The third kappa shape index (κ3) is 3.59. The number of benzene rings is 2. The molecule has 0 bridgehead atoms. The van der Waals surface area contributed by atoms with Gasteiger partial charge in [-0.15, -0.1) is 0 Å². The Morgan fingerprint density at radius 3 is 2.37 bits per heavy atom. The number of carbonyl (C=O) groups is 1. The van der Waals surface area contributed by atoms with Crippen LogP contribution in [0.25, 0.3) is 10.9 Å². The molecule has 1 fully saturated rings. The Hall–Kier alpha value is -3.11. The zero-order valence-corrected chi connectivity index (χ0v) is 16.5. The van der Waals surface area contributed by atoms with E-state index in [9.17, 15) is 26.8 Å². The third-order valence-corrected chi connectivity index (χ3v) is 6.95. The number of amides is 1. The van der Waals surface area contributed by atoms with Crippen LogP contribution in [0.1, 0.15) is 10.4 Å². The summed E-state index contributed by atoms with van der Waals surface area (Å²) in [6.45, 7) is 0.0437. The largest absolute Gasteiger partial charge is 0.336 e. The predicted molar refractivity (Wildman–Crippen MR) is 106 cm³/mol. The Bertz CT molecular complexity index is 1300.